The molecular formula is C20H19FN2O4. The van der Waals surface area contributed by atoms with Crippen LogP contribution in [-0.2, 0) is 9.59 Å². The highest BCUT2D eigenvalue weighted by Crippen LogP contribution is 2.25. The summed E-state index contributed by atoms with van der Waals surface area (Å²) in [4.78, 5) is 28.9. The third-order valence-corrected chi connectivity index (χ3v) is 4.31. The summed E-state index contributed by atoms with van der Waals surface area (Å²) in [5, 5.41) is 9.24. The van der Waals surface area contributed by atoms with Crippen molar-refractivity contribution in [3.8, 4) is 11.5 Å². The first-order chi connectivity index (χ1) is 13.0. The van der Waals surface area contributed by atoms with Crippen molar-refractivity contribution in [2.75, 3.05) is 6.54 Å². The molecule has 1 fully saturated rings. The molecule has 0 aliphatic carbocycles. The van der Waals surface area contributed by atoms with E-state index in [1.54, 1.807) is 24.4 Å². The number of ether oxygens (including phenoxy) is 1. The number of carboxylic acids is 1. The van der Waals surface area contributed by atoms with Gasteiger partial charge in [-0.2, -0.15) is 0 Å². The molecule has 2 aromatic rings. The zero-order chi connectivity index (χ0) is 19.2. The number of halogens is 1. The number of rotatable bonds is 5. The number of nitrogens with zero attached hydrogens (tertiary/aromatic N) is 2. The lowest BCUT2D eigenvalue weighted by Crippen LogP contribution is -2.47. The van der Waals surface area contributed by atoms with Crippen molar-refractivity contribution in [3.05, 3.63) is 60.2 Å². The molecule has 0 spiro atoms. The Balaban J connectivity index is 1.69. The molecule has 0 saturated carbocycles. The smallest absolute Gasteiger partial charge is 0.326 e. The lowest BCUT2D eigenvalue weighted by atomic mass is 10.0. The number of hydrogen-bond acceptors (Lipinski definition) is 4. The number of amides is 1. The highest BCUT2D eigenvalue weighted by atomic mass is 19.1. The van der Waals surface area contributed by atoms with Crippen LogP contribution in [0.4, 0.5) is 4.39 Å². The normalized spacial score (nSPS) is 17.1. The second kappa shape index (κ2) is 8.44. The Morgan fingerprint density at radius 2 is 2.15 bits per heavy atom. The maximum atomic E-state index is 14.2. The topological polar surface area (TPSA) is 79.7 Å². The molecule has 2 heterocycles. The fourth-order valence-corrected chi connectivity index (χ4v) is 2.95. The number of benzene rings is 1. The largest absolute Gasteiger partial charge is 0.480 e. The van der Waals surface area contributed by atoms with Crippen LogP contribution >= 0.6 is 0 Å². The van der Waals surface area contributed by atoms with E-state index in [0.717, 1.165) is 12.8 Å². The summed E-state index contributed by atoms with van der Waals surface area (Å²) in [6.45, 7) is 0.409. The number of piperidine rings is 1. The molecule has 1 saturated heterocycles. The van der Waals surface area contributed by atoms with Crippen molar-refractivity contribution in [1.29, 1.82) is 0 Å². The van der Waals surface area contributed by atoms with Gasteiger partial charge in [0.05, 0.1) is 6.20 Å². The average molecular weight is 370 g/mol. The summed E-state index contributed by atoms with van der Waals surface area (Å²) in [5.74, 6) is -1.50. The first kappa shape index (κ1) is 18.6. The molecule has 0 bridgehead atoms. The van der Waals surface area contributed by atoms with Gasteiger partial charge in [0.1, 0.15) is 11.8 Å². The van der Waals surface area contributed by atoms with E-state index in [1.807, 2.05) is 0 Å². The molecule has 1 amide bonds. The Morgan fingerprint density at radius 1 is 1.30 bits per heavy atom. The van der Waals surface area contributed by atoms with E-state index in [9.17, 15) is 19.1 Å². The second-order valence-corrected chi connectivity index (χ2v) is 6.20. The Bertz CT molecular complexity index is 854. The molecule has 140 valence electrons. The maximum Gasteiger partial charge on any atom is 0.326 e. The van der Waals surface area contributed by atoms with Crippen molar-refractivity contribution in [3.63, 3.8) is 0 Å². The Hall–Kier alpha value is -3.22. The van der Waals surface area contributed by atoms with E-state index < -0.39 is 23.7 Å². The van der Waals surface area contributed by atoms with Crippen molar-refractivity contribution >= 4 is 18.0 Å². The van der Waals surface area contributed by atoms with Gasteiger partial charge in [0.15, 0.2) is 11.6 Å². The molecule has 27 heavy (non-hydrogen) atoms. The molecule has 1 N–H and O–H groups in total. The Morgan fingerprint density at radius 3 is 2.85 bits per heavy atom. The zero-order valence-corrected chi connectivity index (χ0v) is 14.5. The highest BCUT2D eigenvalue weighted by Gasteiger charge is 2.30. The van der Waals surface area contributed by atoms with Crippen LogP contribution in [0.25, 0.3) is 6.08 Å². The second-order valence-electron chi connectivity index (χ2n) is 6.20. The number of hydrogen-bond donors (Lipinski definition) is 1. The Kier molecular flexibility index (Phi) is 5.80. The number of carbonyl (C=O) groups excluding carboxylic acids is 1. The monoisotopic (exact) mass is 370 g/mol. The first-order valence-electron chi connectivity index (χ1n) is 8.63. The van der Waals surface area contributed by atoms with E-state index in [4.69, 9.17) is 4.74 Å². The van der Waals surface area contributed by atoms with Gasteiger partial charge < -0.3 is 14.7 Å². The molecular weight excluding hydrogens is 351 g/mol. The first-order valence-corrected chi connectivity index (χ1v) is 8.63. The van der Waals surface area contributed by atoms with Crippen molar-refractivity contribution < 1.29 is 23.8 Å². The predicted molar refractivity (Wildman–Crippen MR) is 96.7 cm³/mol. The third-order valence-electron chi connectivity index (χ3n) is 4.31. The number of aliphatic carboxylic acids is 1. The SMILES string of the molecule is O=C(O)C1CCCCN1C(=O)C=Cc1ccc(Oc2cccnc2)c(F)c1. The molecule has 7 heteroatoms. The predicted octanol–water partition coefficient (Wildman–Crippen LogP) is 3.49. The summed E-state index contributed by atoms with van der Waals surface area (Å²) in [5.41, 5.74) is 0.475. The molecule has 1 aromatic heterocycles. The minimum absolute atomic E-state index is 0.0495. The van der Waals surface area contributed by atoms with Crippen LogP contribution < -0.4 is 4.74 Å². The number of carbonyl (C=O) groups is 2. The summed E-state index contributed by atoms with van der Waals surface area (Å²) in [6.07, 6.45) is 7.82. The number of carboxylic acid groups (broad SMARTS) is 1. The third kappa shape index (κ3) is 4.69. The molecule has 1 aliphatic heterocycles. The summed E-state index contributed by atoms with van der Waals surface area (Å²) in [6, 6.07) is 6.87. The summed E-state index contributed by atoms with van der Waals surface area (Å²) in [7, 11) is 0. The molecule has 3 rings (SSSR count). The zero-order valence-electron chi connectivity index (χ0n) is 14.5. The quantitative estimate of drug-likeness (QED) is 0.815. The maximum absolute atomic E-state index is 14.2. The van der Waals surface area contributed by atoms with Crippen molar-refractivity contribution in [2.24, 2.45) is 0 Å². The van der Waals surface area contributed by atoms with E-state index in [-0.39, 0.29) is 5.75 Å². The van der Waals surface area contributed by atoms with Crippen LogP contribution in [0.1, 0.15) is 24.8 Å². The molecule has 1 unspecified atom stereocenters. The molecule has 0 radical (unpaired) electrons. The standard InChI is InChI=1S/C20H19FN2O4/c21-16-12-14(6-8-18(16)27-15-4-3-10-22-13-15)7-9-19(24)23-11-2-1-5-17(23)20(25)26/h3-4,6-10,12-13,17H,1-2,5,11H2,(H,25,26). The van der Waals surface area contributed by atoms with Gasteiger partial charge in [-0.15, -0.1) is 0 Å². The van der Waals surface area contributed by atoms with Gasteiger partial charge in [-0.25, -0.2) is 9.18 Å². The number of pyridine rings is 1. The van der Waals surface area contributed by atoms with Gasteiger partial charge in [-0.3, -0.25) is 9.78 Å². The van der Waals surface area contributed by atoms with Gasteiger partial charge in [-0.05, 0) is 55.2 Å². The van der Waals surface area contributed by atoms with Crippen molar-refractivity contribution in [1.82, 2.24) is 9.88 Å². The van der Waals surface area contributed by atoms with Crippen LogP contribution in [0.15, 0.2) is 48.8 Å². The van der Waals surface area contributed by atoms with Gasteiger partial charge in [0, 0.05) is 18.8 Å². The van der Waals surface area contributed by atoms with Crippen LogP contribution in [0.5, 0.6) is 11.5 Å². The molecule has 1 aromatic carbocycles. The molecule has 1 atom stereocenters. The fourth-order valence-electron chi connectivity index (χ4n) is 2.95. The molecule has 6 nitrogen and oxygen atoms in total. The van der Waals surface area contributed by atoms with Crippen molar-refractivity contribution in [2.45, 2.75) is 25.3 Å². The number of aromatic nitrogens is 1. The van der Waals surface area contributed by atoms with Gasteiger partial charge >= 0.3 is 5.97 Å². The summed E-state index contributed by atoms with van der Waals surface area (Å²) >= 11 is 0. The minimum Gasteiger partial charge on any atom is -0.480 e. The average Bonchev–Trinajstić information content (AvgIpc) is 2.68. The van der Waals surface area contributed by atoms with E-state index in [1.165, 1.54) is 35.4 Å². The minimum atomic E-state index is -1.00. The lowest BCUT2D eigenvalue weighted by Gasteiger charge is -2.32. The van der Waals surface area contributed by atoms with Crippen LogP contribution in [0, 0.1) is 5.82 Å². The van der Waals surface area contributed by atoms with Crippen LogP contribution in [0.3, 0.4) is 0 Å². The van der Waals surface area contributed by atoms with Crippen LogP contribution in [0.2, 0.25) is 0 Å². The summed E-state index contributed by atoms with van der Waals surface area (Å²) < 4.78 is 19.7. The lowest BCUT2D eigenvalue weighted by molar-refractivity contribution is -0.150. The number of likely N-dealkylation sites (tertiary alicyclic amines) is 1. The van der Waals surface area contributed by atoms with E-state index in [2.05, 4.69) is 4.98 Å². The highest BCUT2D eigenvalue weighted by molar-refractivity contribution is 5.94. The fraction of sp³-hybridized carbons (Fsp3) is 0.250. The van der Waals surface area contributed by atoms with Gasteiger partial charge in [-0.1, -0.05) is 6.07 Å². The molecule has 1 aliphatic rings. The Labute approximate surface area is 155 Å². The van der Waals surface area contributed by atoms with Gasteiger partial charge in [0.25, 0.3) is 0 Å². The van der Waals surface area contributed by atoms with E-state index in [0.29, 0.717) is 24.3 Å². The van der Waals surface area contributed by atoms with E-state index >= 15 is 0 Å². The van der Waals surface area contributed by atoms with Gasteiger partial charge in [0.2, 0.25) is 5.91 Å². The van der Waals surface area contributed by atoms with Crippen LogP contribution in [-0.4, -0.2) is 39.5 Å².